The Morgan fingerprint density at radius 2 is 1.04 bits per heavy atom. The highest BCUT2D eigenvalue weighted by molar-refractivity contribution is 8.25. The van der Waals surface area contributed by atoms with Gasteiger partial charge in [-0.25, -0.2) is 0 Å². The molecule has 1 heterocycles. The van der Waals surface area contributed by atoms with Gasteiger partial charge >= 0.3 is 0 Å². The molecule has 1 nitrogen and oxygen atoms in total. The molecule has 26 heavy (non-hydrogen) atoms. The maximum atomic E-state index is 6.40. The third-order valence-corrected chi connectivity index (χ3v) is 10.1. The third-order valence-electron chi connectivity index (χ3n) is 5.17. The minimum atomic E-state index is -2.02. The van der Waals surface area contributed by atoms with Gasteiger partial charge in [0.05, 0.1) is 0 Å². The van der Waals surface area contributed by atoms with Gasteiger partial charge in [-0.3, -0.25) is 0 Å². The molecule has 0 amide bonds. The van der Waals surface area contributed by atoms with Crippen molar-refractivity contribution in [2.75, 3.05) is 18.0 Å². The van der Waals surface area contributed by atoms with Gasteiger partial charge < -0.3 is 4.90 Å². The lowest BCUT2D eigenvalue weighted by molar-refractivity contribution is 0.578. The summed E-state index contributed by atoms with van der Waals surface area (Å²) in [5.74, 6) is 0. The zero-order valence-electron chi connectivity index (χ0n) is 14.9. The summed E-state index contributed by atoms with van der Waals surface area (Å²) in [6.07, 6.45) is 3.96. The van der Waals surface area contributed by atoms with Crippen LogP contribution in [-0.2, 0) is 11.8 Å². The fourth-order valence-electron chi connectivity index (χ4n) is 3.75. The van der Waals surface area contributed by atoms with Crippen molar-refractivity contribution < 1.29 is 0 Å². The first-order valence-corrected chi connectivity index (χ1v) is 12.2. The van der Waals surface area contributed by atoms with Crippen LogP contribution in [0.15, 0.2) is 84.9 Å². The van der Waals surface area contributed by atoms with E-state index in [4.69, 9.17) is 11.8 Å². The molecular formula is C23H24NPS. The number of piperidine rings is 1. The molecule has 0 saturated carbocycles. The summed E-state index contributed by atoms with van der Waals surface area (Å²) in [5, 5.41) is 3.78. The highest BCUT2D eigenvalue weighted by Crippen LogP contribution is 2.42. The van der Waals surface area contributed by atoms with E-state index in [-0.39, 0.29) is 0 Å². The van der Waals surface area contributed by atoms with Crippen LogP contribution in [0.25, 0.3) is 0 Å². The van der Waals surface area contributed by atoms with Gasteiger partial charge in [0.15, 0.2) is 0 Å². The molecule has 0 unspecified atom stereocenters. The molecule has 1 fully saturated rings. The van der Waals surface area contributed by atoms with Crippen LogP contribution in [-0.4, -0.2) is 13.1 Å². The van der Waals surface area contributed by atoms with Gasteiger partial charge in [0.1, 0.15) is 0 Å². The molecule has 3 aromatic rings. The standard InChI is InChI=1S/C23H24NPS/c26-25(21-10-4-1-5-11-21,22-12-6-2-7-13-22)23-16-14-20(15-17-23)24-18-8-3-9-19-24/h1-2,4-7,10-17H,3,8-9,18-19H2. The quantitative estimate of drug-likeness (QED) is 0.619. The molecule has 132 valence electrons. The summed E-state index contributed by atoms with van der Waals surface area (Å²) in [4.78, 5) is 2.50. The van der Waals surface area contributed by atoms with Crippen LogP contribution < -0.4 is 20.8 Å². The number of benzene rings is 3. The molecule has 1 aliphatic rings. The van der Waals surface area contributed by atoms with E-state index in [0.29, 0.717) is 0 Å². The van der Waals surface area contributed by atoms with Crippen molar-refractivity contribution in [2.24, 2.45) is 0 Å². The van der Waals surface area contributed by atoms with E-state index in [1.165, 1.54) is 54.0 Å². The predicted octanol–water partition coefficient (Wildman–Crippen LogP) is 4.43. The number of nitrogens with zero attached hydrogens (tertiary/aromatic N) is 1. The molecule has 1 saturated heterocycles. The average Bonchev–Trinajstić information content (AvgIpc) is 2.75. The Labute approximate surface area is 161 Å². The van der Waals surface area contributed by atoms with Gasteiger partial charge in [-0.15, -0.1) is 0 Å². The second kappa shape index (κ2) is 7.78. The Bertz CT molecular complexity index is 841. The van der Waals surface area contributed by atoms with Crippen LogP contribution in [0.4, 0.5) is 5.69 Å². The SMILES string of the molecule is S=P(c1ccccc1)(c1ccccc1)c1ccc(N2CCCCC2)cc1. The Balaban J connectivity index is 1.76. The van der Waals surface area contributed by atoms with Gasteiger partial charge in [0, 0.05) is 24.8 Å². The first kappa shape index (κ1) is 17.5. The zero-order valence-corrected chi connectivity index (χ0v) is 16.6. The molecule has 4 rings (SSSR count). The van der Waals surface area contributed by atoms with Crippen molar-refractivity contribution in [3.05, 3.63) is 84.9 Å². The molecule has 0 bridgehead atoms. The monoisotopic (exact) mass is 377 g/mol. The van der Waals surface area contributed by atoms with Gasteiger partial charge in [-0.2, -0.15) is 0 Å². The first-order valence-electron chi connectivity index (χ1n) is 9.35. The van der Waals surface area contributed by atoms with E-state index in [1.54, 1.807) is 0 Å². The summed E-state index contributed by atoms with van der Waals surface area (Å²) in [5.41, 5.74) is 1.33. The summed E-state index contributed by atoms with van der Waals surface area (Å²) in [6, 6.07) is 28.3. The predicted molar refractivity (Wildman–Crippen MR) is 119 cm³/mol. The highest BCUT2D eigenvalue weighted by Gasteiger charge is 2.24. The van der Waals surface area contributed by atoms with Gasteiger partial charge in [-0.05, 0) is 47.3 Å². The zero-order chi connectivity index (χ0) is 17.8. The Morgan fingerprint density at radius 3 is 1.54 bits per heavy atom. The minimum absolute atomic E-state index is 1.17. The molecule has 0 aliphatic carbocycles. The largest absolute Gasteiger partial charge is 0.372 e. The van der Waals surface area contributed by atoms with E-state index in [9.17, 15) is 0 Å². The van der Waals surface area contributed by atoms with Gasteiger partial charge in [0.2, 0.25) is 0 Å². The smallest absolute Gasteiger partial charge is 0.0379 e. The Kier molecular flexibility index (Phi) is 5.24. The first-order chi connectivity index (χ1) is 12.8. The molecule has 3 aromatic carbocycles. The number of anilines is 1. The lowest BCUT2D eigenvalue weighted by Crippen LogP contribution is -2.30. The van der Waals surface area contributed by atoms with E-state index >= 15 is 0 Å². The Hall–Kier alpha value is -1.89. The maximum absolute atomic E-state index is 6.40. The molecule has 0 N–H and O–H groups in total. The molecule has 0 radical (unpaired) electrons. The number of rotatable bonds is 4. The number of hydrogen-bond donors (Lipinski definition) is 0. The second-order valence-corrected chi connectivity index (χ2v) is 11.3. The minimum Gasteiger partial charge on any atom is -0.372 e. The molecule has 0 aromatic heterocycles. The van der Waals surface area contributed by atoms with Crippen molar-refractivity contribution >= 4 is 39.4 Å². The van der Waals surface area contributed by atoms with Crippen LogP contribution in [0, 0.1) is 0 Å². The average molecular weight is 377 g/mol. The fourth-order valence-corrected chi connectivity index (χ4v) is 7.49. The van der Waals surface area contributed by atoms with E-state index in [2.05, 4.69) is 89.8 Å². The van der Waals surface area contributed by atoms with Crippen molar-refractivity contribution in [1.82, 2.24) is 0 Å². The van der Waals surface area contributed by atoms with Gasteiger partial charge in [-0.1, -0.05) is 84.6 Å². The van der Waals surface area contributed by atoms with Crippen LogP contribution in [0.1, 0.15) is 19.3 Å². The molecule has 0 atom stereocenters. The molecular weight excluding hydrogens is 353 g/mol. The lowest BCUT2D eigenvalue weighted by atomic mass is 10.1. The van der Waals surface area contributed by atoms with Crippen molar-refractivity contribution in [2.45, 2.75) is 19.3 Å². The maximum Gasteiger partial charge on any atom is 0.0379 e. The highest BCUT2D eigenvalue weighted by atomic mass is 32.4. The molecule has 3 heteroatoms. The van der Waals surface area contributed by atoms with Crippen molar-refractivity contribution in [1.29, 1.82) is 0 Å². The molecule has 0 spiro atoms. The van der Waals surface area contributed by atoms with E-state index in [1.807, 2.05) is 0 Å². The Morgan fingerprint density at radius 1 is 0.577 bits per heavy atom. The second-order valence-electron chi connectivity index (χ2n) is 6.84. The van der Waals surface area contributed by atoms with Crippen LogP contribution in [0.3, 0.4) is 0 Å². The van der Waals surface area contributed by atoms with Crippen LogP contribution in [0.5, 0.6) is 0 Å². The topological polar surface area (TPSA) is 3.24 Å². The summed E-state index contributed by atoms with van der Waals surface area (Å²) >= 11 is 6.40. The van der Waals surface area contributed by atoms with Crippen molar-refractivity contribution in [3.8, 4) is 0 Å². The van der Waals surface area contributed by atoms with Gasteiger partial charge in [0.25, 0.3) is 0 Å². The lowest BCUT2D eigenvalue weighted by Gasteiger charge is -2.30. The van der Waals surface area contributed by atoms with Crippen LogP contribution >= 0.6 is 6.04 Å². The summed E-state index contributed by atoms with van der Waals surface area (Å²) in [6.45, 7) is 2.34. The summed E-state index contributed by atoms with van der Waals surface area (Å²) < 4.78 is 0. The van der Waals surface area contributed by atoms with Crippen molar-refractivity contribution in [3.63, 3.8) is 0 Å². The third kappa shape index (κ3) is 3.37. The van der Waals surface area contributed by atoms with E-state index < -0.39 is 6.04 Å². The molecule has 1 aliphatic heterocycles. The van der Waals surface area contributed by atoms with E-state index in [0.717, 1.165) is 0 Å². The normalized spacial score (nSPS) is 15.0. The fraction of sp³-hybridized carbons (Fsp3) is 0.217. The van der Waals surface area contributed by atoms with Crippen LogP contribution in [0.2, 0.25) is 0 Å². The summed E-state index contributed by atoms with van der Waals surface area (Å²) in [7, 11) is 0. The number of hydrogen-bond acceptors (Lipinski definition) is 2.